The van der Waals surface area contributed by atoms with Gasteiger partial charge in [0.25, 0.3) is 0 Å². The second-order valence-electron chi connectivity index (χ2n) is 18.5. The third-order valence-electron chi connectivity index (χ3n) is 14.2. The molecular formula is C68H43NO2. The zero-order valence-corrected chi connectivity index (χ0v) is 38.6. The molecule has 0 bridgehead atoms. The van der Waals surface area contributed by atoms with Crippen LogP contribution in [0.25, 0.3) is 121 Å². The van der Waals surface area contributed by atoms with Crippen molar-refractivity contribution in [2.45, 2.75) is 0 Å². The molecule has 332 valence electrons. The van der Waals surface area contributed by atoms with Crippen molar-refractivity contribution in [2.75, 3.05) is 4.90 Å². The van der Waals surface area contributed by atoms with Gasteiger partial charge in [-0.3, -0.25) is 0 Å². The van der Waals surface area contributed by atoms with Gasteiger partial charge in [-0.2, -0.15) is 0 Å². The van der Waals surface area contributed by atoms with Crippen molar-refractivity contribution < 1.29 is 8.83 Å². The molecule has 2 heterocycles. The van der Waals surface area contributed by atoms with Crippen LogP contribution in [0.5, 0.6) is 0 Å². The molecule has 0 fully saturated rings. The topological polar surface area (TPSA) is 29.5 Å². The highest BCUT2D eigenvalue weighted by molar-refractivity contribution is 6.11. The fourth-order valence-electron chi connectivity index (χ4n) is 10.6. The minimum atomic E-state index is 0.895. The molecule has 0 aliphatic rings. The quantitative estimate of drug-likeness (QED) is 0.152. The van der Waals surface area contributed by atoms with Crippen molar-refractivity contribution in [3.05, 3.63) is 261 Å². The Labute approximate surface area is 410 Å². The van der Waals surface area contributed by atoms with Crippen molar-refractivity contribution in [3.63, 3.8) is 0 Å². The van der Waals surface area contributed by atoms with Crippen molar-refractivity contribution in [2.24, 2.45) is 0 Å². The van der Waals surface area contributed by atoms with Crippen LogP contribution in [0.15, 0.2) is 270 Å². The molecule has 3 nitrogen and oxygen atoms in total. The van der Waals surface area contributed by atoms with Gasteiger partial charge in [0.15, 0.2) is 0 Å². The van der Waals surface area contributed by atoms with E-state index < -0.39 is 0 Å². The number of anilines is 3. The van der Waals surface area contributed by atoms with Gasteiger partial charge in [0.1, 0.15) is 22.3 Å². The monoisotopic (exact) mass is 905 g/mol. The lowest BCUT2D eigenvalue weighted by Gasteiger charge is -2.26. The van der Waals surface area contributed by atoms with E-state index >= 15 is 0 Å². The van der Waals surface area contributed by atoms with Crippen molar-refractivity contribution in [1.82, 2.24) is 0 Å². The molecule has 0 unspecified atom stereocenters. The van der Waals surface area contributed by atoms with Crippen LogP contribution in [0.3, 0.4) is 0 Å². The number of fused-ring (bicyclic) bond motifs is 8. The van der Waals surface area contributed by atoms with Gasteiger partial charge in [0.05, 0.1) is 0 Å². The lowest BCUT2D eigenvalue weighted by molar-refractivity contribution is 0.669. The van der Waals surface area contributed by atoms with Gasteiger partial charge in [0.2, 0.25) is 0 Å². The summed E-state index contributed by atoms with van der Waals surface area (Å²) in [5.74, 6) is 0. The summed E-state index contributed by atoms with van der Waals surface area (Å²) >= 11 is 0. The summed E-state index contributed by atoms with van der Waals surface area (Å²) < 4.78 is 13.0. The Kier molecular flexibility index (Phi) is 9.53. The highest BCUT2D eigenvalue weighted by Crippen LogP contribution is 2.43. The number of para-hydroxylation sites is 4. The molecule has 0 saturated heterocycles. The number of furan rings is 2. The molecular weight excluding hydrogens is 863 g/mol. The number of rotatable bonds is 8. The van der Waals surface area contributed by atoms with Gasteiger partial charge >= 0.3 is 0 Å². The Balaban J connectivity index is 0.874. The Morgan fingerprint density at radius 3 is 1.03 bits per heavy atom. The van der Waals surface area contributed by atoms with E-state index in [0.29, 0.717) is 0 Å². The molecule has 0 aliphatic carbocycles. The first-order valence-electron chi connectivity index (χ1n) is 24.2. The maximum atomic E-state index is 6.48. The van der Waals surface area contributed by atoms with E-state index in [1.807, 2.05) is 24.3 Å². The zero-order chi connectivity index (χ0) is 46.8. The van der Waals surface area contributed by atoms with Crippen molar-refractivity contribution in [1.29, 1.82) is 0 Å². The second-order valence-corrected chi connectivity index (χ2v) is 18.5. The molecule has 0 amide bonds. The summed E-state index contributed by atoms with van der Waals surface area (Å²) in [6.45, 7) is 0. The minimum Gasteiger partial charge on any atom is -0.455 e. The Hall–Kier alpha value is -9.44. The standard InChI is InChI=1S/C68H43NO2/c1-3-13-49-39-51(25-23-44(49)11-1)54-41-53(42-55(43-54)52-26-24-45-12-2-4-14-50(45)40-52)46-27-33-56(34-28-46)69(57-35-29-47(30-36-57)59-17-9-19-63-61-15-5-7-21-65(61)70-67(59)63)58-37-31-48(32-38-58)60-18-10-20-64-62-16-6-8-22-66(62)71-68(60)64/h1-43H. The van der Waals surface area contributed by atoms with Crippen LogP contribution >= 0.6 is 0 Å². The highest BCUT2D eigenvalue weighted by Gasteiger charge is 2.18. The van der Waals surface area contributed by atoms with E-state index in [9.17, 15) is 0 Å². The fraction of sp³-hybridized carbons (Fsp3) is 0. The van der Waals surface area contributed by atoms with Crippen molar-refractivity contribution >= 4 is 82.5 Å². The maximum absolute atomic E-state index is 6.48. The van der Waals surface area contributed by atoms with Crippen LogP contribution in [0, 0.1) is 0 Å². The lowest BCUT2D eigenvalue weighted by atomic mass is 9.92. The molecule has 0 N–H and O–H groups in total. The summed E-state index contributed by atoms with van der Waals surface area (Å²) in [6, 6.07) is 93.9. The van der Waals surface area contributed by atoms with E-state index in [4.69, 9.17) is 8.83 Å². The molecule has 0 radical (unpaired) electrons. The second kappa shape index (κ2) is 16.7. The van der Waals surface area contributed by atoms with E-state index in [0.717, 1.165) is 94.3 Å². The predicted octanol–water partition coefficient (Wildman–Crippen LogP) is 19.6. The van der Waals surface area contributed by atoms with Crippen LogP contribution in [-0.2, 0) is 0 Å². The summed E-state index contributed by atoms with van der Waals surface area (Å²) in [5, 5.41) is 9.42. The SMILES string of the molecule is c1ccc2cc(-c3cc(-c4ccc(N(c5ccc(-c6cccc7c6oc6ccccc67)cc5)c5ccc(-c6cccc7c6oc6ccccc67)cc5)cc4)cc(-c4ccc5ccccc5c4)c3)ccc2c1. The first-order chi connectivity index (χ1) is 35.1. The largest absolute Gasteiger partial charge is 0.455 e. The normalized spacial score (nSPS) is 11.7. The number of hydrogen-bond donors (Lipinski definition) is 0. The van der Waals surface area contributed by atoms with Gasteiger partial charge < -0.3 is 13.7 Å². The van der Waals surface area contributed by atoms with Crippen LogP contribution in [0.2, 0.25) is 0 Å². The molecule has 3 heteroatoms. The van der Waals surface area contributed by atoms with Gasteiger partial charge in [-0.1, -0.05) is 182 Å². The van der Waals surface area contributed by atoms with E-state index in [-0.39, 0.29) is 0 Å². The van der Waals surface area contributed by atoms with Crippen LogP contribution < -0.4 is 4.90 Å². The highest BCUT2D eigenvalue weighted by atomic mass is 16.3. The average Bonchev–Trinajstić information content (AvgIpc) is 4.02. The molecule has 14 aromatic rings. The number of benzene rings is 12. The number of nitrogens with zero attached hydrogens (tertiary/aromatic N) is 1. The molecule has 2 aromatic heterocycles. The molecule has 0 spiro atoms. The Morgan fingerprint density at radius 2 is 0.577 bits per heavy atom. The van der Waals surface area contributed by atoms with Crippen LogP contribution in [-0.4, -0.2) is 0 Å². The van der Waals surface area contributed by atoms with E-state index in [1.165, 1.54) is 43.8 Å². The molecule has 14 rings (SSSR count). The first kappa shape index (κ1) is 40.6. The average molecular weight is 906 g/mol. The van der Waals surface area contributed by atoms with Crippen LogP contribution in [0.1, 0.15) is 0 Å². The predicted molar refractivity (Wildman–Crippen MR) is 298 cm³/mol. The van der Waals surface area contributed by atoms with Gasteiger partial charge in [-0.05, 0) is 145 Å². The molecule has 0 saturated carbocycles. The summed E-state index contributed by atoms with van der Waals surface area (Å²) in [7, 11) is 0. The van der Waals surface area contributed by atoms with Gasteiger partial charge in [-0.25, -0.2) is 0 Å². The van der Waals surface area contributed by atoms with Gasteiger partial charge in [0, 0.05) is 49.7 Å². The third-order valence-corrected chi connectivity index (χ3v) is 14.2. The van der Waals surface area contributed by atoms with Crippen LogP contribution in [0.4, 0.5) is 17.1 Å². The van der Waals surface area contributed by atoms with E-state index in [1.54, 1.807) is 0 Å². The summed E-state index contributed by atoms with van der Waals surface area (Å²) in [5.41, 5.74) is 18.1. The molecule has 0 aliphatic heterocycles. The molecule has 12 aromatic carbocycles. The summed E-state index contributed by atoms with van der Waals surface area (Å²) in [6.07, 6.45) is 0. The third kappa shape index (κ3) is 7.14. The summed E-state index contributed by atoms with van der Waals surface area (Å²) in [4.78, 5) is 2.34. The van der Waals surface area contributed by atoms with Gasteiger partial charge in [-0.15, -0.1) is 0 Å². The lowest BCUT2D eigenvalue weighted by Crippen LogP contribution is -2.09. The smallest absolute Gasteiger partial charge is 0.143 e. The minimum absolute atomic E-state index is 0.895. The fourth-order valence-corrected chi connectivity index (χ4v) is 10.6. The van der Waals surface area contributed by atoms with Crippen molar-refractivity contribution in [3.8, 4) is 55.6 Å². The first-order valence-corrected chi connectivity index (χ1v) is 24.2. The molecule has 0 atom stereocenters. The zero-order valence-electron chi connectivity index (χ0n) is 38.6. The van der Waals surface area contributed by atoms with E-state index in [2.05, 4.69) is 241 Å². The Morgan fingerprint density at radius 1 is 0.225 bits per heavy atom. The maximum Gasteiger partial charge on any atom is 0.143 e. The Bertz CT molecular complexity index is 4070. The number of hydrogen-bond acceptors (Lipinski definition) is 3. The molecule has 71 heavy (non-hydrogen) atoms.